The largest absolute Gasteiger partial charge is 0.481 e. The second-order valence-electron chi connectivity index (χ2n) is 4.27. The summed E-state index contributed by atoms with van der Waals surface area (Å²) in [6.45, 7) is 0. The van der Waals surface area contributed by atoms with E-state index in [0.717, 1.165) is 17.7 Å². The molecule has 0 amide bonds. The lowest BCUT2D eigenvalue weighted by Gasteiger charge is -2.12. The minimum Gasteiger partial charge on any atom is -0.481 e. The van der Waals surface area contributed by atoms with Crippen molar-refractivity contribution in [3.05, 3.63) is 29.8 Å². The third-order valence-electron chi connectivity index (χ3n) is 2.95. The summed E-state index contributed by atoms with van der Waals surface area (Å²) < 4.78 is 0. The lowest BCUT2D eigenvalue weighted by molar-refractivity contribution is -0.138. The first-order chi connectivity index (χ1) is 7.09. The van der Waals surface area contributed by atoms with Crippen LogP contribution in [0, 0.1) is 5.92 Å². The van der Waals surface area contributed by atoms with Crippen LogP contribution >= 0.6 is 0 Å². The van der Waals surface area contributed by atoms with Gasteiger partial charge in [0.15, 0.2) is 0 Å². The summed E-state index contributed by atoms with van der Waals surface area (Å²) in [7, 11) is 3.98. The smallest absolute Gasteiger partial charge is 0.307 e. The summed E-state index contributed by atoms with van der Waals surface area (Å²) in [5.41, 5.74) is 2.29. The van der Waals surface area contributed by atoms with E-state index in [2.05, 4.69) is 0 Å². The lowest BCUT2D eigenvalue weighted by Crippen LogP contribution is -2.08. The van der Waals surface area contributed by atoms with Gasteiger partial charge in [-0.1, -0.05) is 12.1 Å². The van der Waals surface area contributed by atoms with Crippen molar-refractivity contribution in [2.45, 2.75) is 12.3 Å². The summed E-state index contributed by atoms with van der Waals surface area (Å²) in [5.74, 6) is -0.592. The van der Waals surface area contributed by atoms with Crippen LogP contribution in [0.5, 0.6) is 0 Å². The molecule has 1 saturated carbocycles. The van der Waals surface area contributed by atoms with Crippen molar-refractivity contribution >= 4 is 11.7 Å². The Labute approximate surface area is 89.3 Å². The van der Waals surface area contributed by atoms with Crippen LogP contribution in [0.1, 0.15) is 17.9 Å². The Morgan fingerprint density at radius 1 is 1.33 bits per heavy atom. The molecular formula is C12H15NO2. The van der Waals surface area contributed by atoms with Gasteiger partial charge in [0.1, 0.15) is 0 Å². The van der Waals surface area contributed by atoms with Gasteiger partial charge >= 0.3 is 5.97 Å². The Morgan fingerprint density at radius 2 is 1.93 bits per heavy atom. The Balaban J connectivity index is 2.09. The maximum absolute atomic E-state index is 10.7. The van der Waals surface area contributed by atoms with Crippen molar-refractivity contribution in [2.75, 3.05) is 19.0 Å². The zero-order valence-corrected chi connectivity index (χ0v) is 8.97. The molecule has 80 valence electrons. The molecule has 0 radical (unpaired) electrons. The molecule has 0 bridgehead atoms. The van der Waals surface area contributed by atoms with Crippen LogP contribution in [-0.2, 0) is 4.79 Å². The predicted octanol–water partition coefficient (Wildman–Crippen LogP) is 1.94. The molecule has 1 fully saturated rings. The maximum atomic E-state index is 10.7. The zero-order chi connectivity index (χ0) is 11.0. The quantitative estimate of drug-likeness (QED) is 0.819. The number of carboxylic acids is 1. The summed E-state index contributed by atoms with van der Waals surface area (Å²) in [5, 5.41) is 8.82. The number of benzene rings is 1. The highest BCUT2D eigenvalue weighted by molar-refractivity contribution is 5.75. The number of aliphatic carboxylic acids is 1. The van der Waals surface area contributed by atoms with Gasteiger partial charge < -0.3 is 10.0 Å². The molecule has 0 aromatic heterocycles. The first kappa shape index (κ1) is 10.0. The molecule has 0 unspecified atom stereocenters. The highest BCUT2D eigenvalue weighted by Crippen LogP contribution is 2.47. The highest BCUT2D eigenvalue weighted by Gasteiger charge is 2.43. The molecule has 3 nitrogen and oxygen atoms in total. The van der Waals surface area contributed by atoms with E-state index in [4.69, 9.17) is 5.11 Å². The monoisotopic (exact) mass is 205 g/mol. The van der Waals surface area contributed by atoms with Gasteiger partial charge in [-0.25, -0.2) is 0 Å². The second-order valence-corrected chi connectivity index (χ2v) is 4.27. The molecule has 0 heterocycles. The average Bonchev–Trinajstić information content (AvgIpc) is 2.97. The van der Waals surface area contributed by atoms with E-state index in [1.165, 1.54) is 0 Å². The standard InChI is InChI=1S/C12H15NO2/c1-13(2)9-5-3-8(4-6-9)10-7-11(10)12(14)15/h3-6,10-11H,7H2,1-2H3,(H,14,15)/t10-,11+/m1/s1. The Hall–Kier alpha value is -1.51. The van der Waals surface area contributed by atoms with Gasteiger partial charge in [-0.2, -0.15) is 0 Å². The van der Waals surface area contributed by atoms with E-state index < -0.39 is 5.97 Å². The number of rotatable bonds is 3. The van der Waals surface area contributed by atoms with E-state index >= 15 is 0 Å². The average molecular weight is 205 g/mol. The first-order valence-corrected chi connectivity index (χ1v) is 5.09. The molecule has 0 aliphatic heterocycles. The second kappa shape index (κ2) is 3.57. The number of carbonyl (C=O) groups is 1. The summed E-state index contributed by atoms with van der Waals surface area (Å²) in [4.78, 5) is 12.7. The minimum atomic E-state index is -0.670. The molecule has 15 heavy (non-hydrogen) atoms. The summed E-state index contributed by atoms with van der Waals surface area (Å²) in [6.07, 6.45) is 0.788. The molecule has 2 atom stereocenters. The van der Waals surface area contributed by atoms with Crippen molar-refractivity contribution < 1.29 is 9.90 Å². The van der Waals surface area contributed by atoms with Gasteiger partial charge in [-0.05, 0) is 30.0 Å². The van der Waals surface area contributed by atoms with Crippen LogP contribution < -0.4 is 4.90 Å². The zero-order valence-electron chi connectivity index (χ0n) is 8.97. The molecular weight excluding hydrogens is 190 g/mol. The van der Waals surface area contributed by atoms with Crippen molar-refractivity contribution in [1.29, 1.82) is 0 Å². The Morgan fingerprint density at radius 3 is 2.33 bits per heavy atom. The highest BCUT2D eigenvalue weighted by atomic mass is 16.4. The molecule has 1 aromatic carbocycles. The molecule has 1 aliphatic rings. The van der Waals surface area contributed by atoms with Crippen LogP contribution in [0.3, 0.4) is 0 Å². The third kappa shape index (κ3) is 1.96. The van der Waals surface area contributed by atoms with E-state index in [-0.39, 0.29) is 11.8 Å². The van der Waals surface area contributed by atoms with Crippen LogP contribution in [-0.4, -0.2) is 25.2 Å². The van der Waals surface area contributed by atoms with Gasteiger partial charge in [0.25, 0.3) is 0 Å². The van der Waals surface area contributed by atoms with Crippen LogP contribution in [0.15, 0.2) is 24.3 Å². The van der Waals surface area contributed by atoms with Crippen LogP contribution in [0.25, 0.3) is 0 Å². The van der Waals surface area contributed by atoms with Gasteiger partial charge in [-0.3, -0.25) is 4.79 Å². The summed E-state index contributed by atoms with van der Waals surface area (Å²) >= 11 is 0. The maximum Gasteiger partial charge on any atom is 0.307 e. The number of nitrogens with zero attached hydrogens (tertiary/aromatic N) is 1. The normalized spacial score (nSPS) is 23.6. The lowest BCUT2D eigenvalue weighted by atomic mass is 10.1. The van der Waals surface area contributed by atoms with Gasteiger partial charge in [0, 0.05) is 19.8 Å². The van der Waals surface area contributed by atoms with Gasteiger partial charge in [-0.15, -0.1) is 0 Å². The number of hydrogen-bond acceptors (Lipinski definition) is 2. The van der Waals surface area contributed by atoms with E-state index in [1.807, 2.05) is 43.3 Å². The minimum absolute atomic E-state index is 0.157. The predicted molar refractivity (Wildman–Crippen MR) is 59.3 cm³/mol. The molecule has 1 N–H and O–H groups in total. The van der Waals surface area contributed by atoms with Crippen molar-refractivity contribution in [2.24, 2.45) is 5.92 Å². The van der Waals surface area contributed by atoms with E-state index in [0.29, 0.717) is 0 Å². The molecule has 0 spiro atoms. The number of hydrogen-bond donors (Lipinski definition) is 1. The molecule has 2 rings (SSSR count). The number of anilines is 1. The fraction of sp³-hybridized carbons (Fsp3) is 0.417. The fourth-order valence-corrected chi connectivity index (χ4v) is 1.86. The fourth-order valence-electron chi connectivity index (χ4n) is 1.86. The Bertz CT molecular complexity index is 370. The van der Waals surface area contributed by atoms with Crippen LogP contribution in [0.2, 0.25) is 0 Å². The van der Waals surface area contributed by atoms with E-state index in [9.17, 15) is 4.79 Å². The third-order valence-corrected chi connectivity index (χ3v) is 2.95. The van der Waals surface area contributed by atoms with Crippen molar-refractivity contribution in [3.8, 4) is 0 Å². The molecule has 3 heteroatoms. The summed E-state index contributed by atoms with van der Waals surface area (Å²) in [6, 6.07) is 8.13. The van der Waals surface area contributed by atoms with Crippen molar-refractivity contribution in [1.82, 2.24) is 0 Å². The van der Waals surface area contributed by atoms with Crippen LogP contribution in [0.4, 0.5) is 5.69 Å². The molecule has 0 saturated heterocycles. The van der Waals surface area contributed by atoms with Crippen molar-refractivity contribution in [3.63, 3.8) is 0 Å². The Kier molecular flexibility index (Phi) is 2.39. The SMILES string of the molecule is CN(C)c1ccc([C@H]2C[C@@H]2C(=O)O)cc1. The first-order valence-electron chi connectivity index (χ1n) is 5.09. The molecule has 1 aliphatic carbocycles. The van der Waals surface area contributed by atoms with Gasteiger partial charge in [0.05, 0.1) is 5.92 Å². The topological polar surface area (TPSA) is 40.5 Å². The molecule has 1 aromatic rings. The number of carboxylic acid groups (broad SMARTS) is 1. The van der Waals surface area contributed by atoms with E-state index in [1.54, 1.807) is 0 Å². The van der Waals surface area contributed by atoms with Gasteiger partial charge in [0.2, 0.25) is 0 Å².